The maximum atomic E-state index is 11.7. The second-order valence-corrected chi connectivity index (χ2v) is 19.8. The highest BCUT2D eigenvalue weighted by Gasteiger charge is 2.28. The van der Waals surface area contributed by atoms with E-state index in [0.29, 0.717) is 43.8 Å². The van der Waals surface area contributed by atoms with Crippen LogP contribution in [0.3, 0.4) is 0 Å². The monoisotopic (exact) mass is 881 g/mol. The molecule has 0 amide bonds. The van der Waals surface area contributed by atoms with E-state index in [-0.39, 0.29) is 22.8 Å². The van der Waals surface area contributed by atoms with Gasteiger partial charge in [0.25, 0.3) is 0 Å². The Morgan fingerprint density at radius 1 is 0.548 bits per heavy atom. The number of carboxylic acids is 3. The molecule has 1 aromatic carbocycles. The Morgan fingerprint density at radius 2 is 0.887 bits per heavy atom. The number of carbonyl (C=O) groups is 5. The molecule has 0 aliphatic heterocycles. The van der Waals surface area contributed by atoms with Crippen molar-refractivity contribution in [1.29, 1.82) is 0 Å². The van der Waals surface area contributed by atoms with E-state index in [1.165, 1.54) is 18.4 Å². The van der Waals surface area contributed by atoms with Crippen LogP contribution in [0.15, 0.2) is 43.0 Å². The quantitative estimate of drug-likeness (QED) is 0.0848. The van der Waals surface area contributed by atoms with Crippen LogP contribution in [0.2, 0.25) is 0 Å². The fraction of sp³-hybridized carbons (Fsp3) is 0.750. The average molecular weight is 881 g/mol. The lowest BCUT2D eigenvalue weighted by atomic mass is 9.83. The van der Waals surface area contributed by atoms with Crippen molar-refractivity contribution < 1.29 is 48.8 Å². The van der Waals surface area contributed by atoms with Gasteiger partial charge in [0.15, 0.2) is 0 Å². The minimum absolute atomic E-state index is 0.0560. The number of hydrogen-bond donors (Lipinski definition) is 3. The van der Waals surface area contributed by atoms with Crippen LogP contribution >= 0.6 is 0 Å². The van der Waals surface area contributed by atoms with Gasteiger partial charge in [-0.05, 0) is 131 Å². The highest BCUT2D eigenvalue weighted by Crippen LogP contribution is 2.26. The first-order chi connectivity index (χ1) is 28.2. The van der Waals surface area contributed by atoms with Crippen LogP contribution in [0, 0.1) is 38.4 Å². The third-order valence-corrected chi connectivity index (χ3v) is 11.8. The second-order valence-electron chi connectivity index (χ2n) is 19.8. The molecule has 0 saturated heterocycles. The van der Waals surface area contributed by atoms with E-state index in [9.17, 15) is 24.0 Å². The van der Waals surface area contributed by atoms with Crippen LogP contribution in [-0.4, -0.2) is 58.4 Å². The molecule has 0 aliphatic carbocycles. The van der Waals surface area contributed by atoms with Gasteiger partial charge in [0.2, 0.25) is 0 Å². The molecule has 1 atom stereocenters. The van der Waals surface area contributed by atoms with Crippen LogP contribution in [0.1, 0.15) is 202 Å². The summed E-state index contributed by atoms with van der Waals surface area (Å²) in [5.74, 6) is -1.84. The molecule has 0 aromatic heterocycles. The number of carbonyl (C=O) groups excluding carboxylic acids is 2. The molecule has 0 bridgehead atoms. The lowest BCUT2D eigenvalue weighted by Crippen LogP contribution is -2.27. The van der Waals surface area contributed by atoms with E-state index in [2.05, 4.69) is 71.5 Å². The first-order valence-corrected chi connectivity index (χ1v) is 22.9. The third-order valence-electron chi connectivity index (χ3n) is 11.8. The summed E-state index contributed by atoms with van der Waals surface area (Å²) in [7, 11) is 0. The molecule has 1 unspecified atom stereocenters. The topological polar surface area (TPSA) is 164 Å². The van der Waals surface area contributed by atoms with Crippen LogP contribution in [0.5, 0.6) is 0 Å². The fourth-order valence-electron chi connectivity index (χ4n) is 3.55. The van der Waals surface area contributed by atoms with E-state index in [0.717, 1.165) is 32.1 Å². The summed E-state index contributed by atoms with van der Waals surface area (Å²) in [6.45, 7) is 43.1. The molecule has 1 aromatic rings. The average Bonchev–Trinajstić information content (AvgIpc) is 3.22. The predicted molar refractivity (Wildman–Crippen MR) is 258 cm³/mol. The molecule has 364 valence electrons. The summed E-state index contributed by atoms with van der Waals surface area (Å²) in [5.41, 5.74) is -0.418. The Bertz CT molecular complexity index is 1310. The summed E-state index contributed by atoms with van der Waals surface area (Å²) in [4.78, 5) is 53.6. The maximum absolute atomic E-state index is 11.7. The van der Waals surface area contributed by atoms with E-state index in [4.69, 9.17) is 24.8 Å². The number of aliphatic carboxylic acids is 3. The van der Waals surface area contributed by atoms with Gasteiger partial charge in [0.05, 0.1) is 33.7 Å². The van der Waals surface area contributed by atoms with Gasteiger partial charge < -0.3 is 24.8 Å². The van der Waals surface area contributed by atoms with Gasteiger partial charge in [-0.15, -0.1) is 0 Å². The Balaban J connectivity index is -0.000000213. The van der Waals surface area contributed by atoms with E-state index >= 15 is 0 Å². The minimum atomic E-state index is -0.722. The number of benzene rings is 1. The number of rotatable bonds is 20. The van der Waals surface area contributed by atoms with Crippen LogP contribution < -0.4 is 0 Å². The SMILES string of the molecule is C=CCOC(=O)C(C)(C)CC.CCC(C)(C)C(=O)O.CCC(C)(C)C(=O)O.CCC(C)(C)C(=O)O.CCC(C)(C)Cc1ccccc1.CCCC(CC)COC(=O)C(C)(C)CC. The normalized spacial score (nSPS) is 11.9. The van der Waals surface area contributed by atoms with Gasteiger partial charge in [0.1, 0.15) is 6.61 Å². The summed E-state index contributed by atoms with van der Waals surface area (Å²) >= 11 is 0. The molecule has 1 rings (SSSR count). The van der Waals surface area contributed by atoms with Crippen LogP contribution in [0.4, 0.5) is 0 Å². The molecular weight excluding hydrogens is 785 g/mol. The number of hydrogen-bond acceptors (Lipinski definition) is 7. The van der Waals surface area contributed by atoms with Gasteiger partial charge in [-0.1, -0.05) is 131 Å². The molecule has 0 radical (unpaired) electrons. The van der Waals surface area contributed by atoms with Crippen molar-refractivity contribution in [2.75, 3.05) is 13.2 Å². The molecule has 0 fully saturated rings. The highest BCUT2D eigenvalue weighted by atomic mass is 16.5. The second kappa shape index (κ2) is 33.8. The van der Waals surface area contributed by atoms with Crippen molar-refractivity contribution in [2.45, 2.75) is 203 Å². The predicted octanol–water partition coefficient (Wildman–Crippen LogP) is 14.1. The zero-order valence-electron chi connectivity index (χ0n) is 43.4. The fourth-order valence-corrected chi connectivity index (χ4v) is 3.55. The Kier molecular flexibility index (Phi) is 36.8. The maximum Gasteiger partial charge on any atom is 0.311 e. The molecule has 0 heterocycles. The molecule has 62 heavy (non-hydrogen) atoms. The standard InChI is InChI=1S/C13H26O2.C12H18.C9H16O2.3C6H12O2/c1-6-9-11(7-2)10-15-12(14)13(4,5)8-3;1-4-12(2,3)10-11-8-6-5-7-9-11;1-5-7-11-8(10)9(3,4)6-2;3*1-4-6(2,3)5(7)8/h11H,6-10H2,1-5H3;5-9H,4,10H2,1-3H3;5H,1,6-7H2,2-4H3;3*4H2,1-3H3,(H,7,8). The van der Waals surface area contributed by atoms with Crippen molar-refractivity contribution in [3.8, 4) is 0 Å². The molecule has 0 spiro atoms. The van der Waals surface area contributed by atoms with Crippen LogP contribution in [-0.2, 0) is 39.9 Å². The minimum Gasteiger partial charge on any atom is -0.481 e. The van der Waals surface area contributed by atoms with Crippen molar-refractivity contribution in [3.05, 3.63) is 48.6 Å². The molecule has 10 heteroatoms. The Morgan fingerprint density at radius 3 is 1.13 bits per heavy atom. The smallest absolute Gasteiger partial charge is 0.311 e. The summed E-state index contributed by atoms with van der Waals surface area (Å²) in [5, 5.41) is 25.3. The molecule has 0 aliphatic rings. The lowest BCUT2D eigenvalue weighted by molar-refractivity contribution is -0.156. The van der Waals surface area contributed by atoms with Gasteiger partial charge in [0, 0.05) is 0 Å². The van der Waals surface area contributed by atoms with E-state index in [1.807, 2.05) is 62.3 Å². The van der Waals surface area contributed by atoms with Gasteiger partial charge in [-0.3, -0.25) is 24.0 Å². The third kappa shape index (κ3) is 33.9. The highest BCUT2D eigenvalue weighted by molar-refractivity contribution is 5.76. The Labute approximate surface area is 380 Å². The van der Waals surface area contributed by atoms with Gasteiger partial charge in [-0.2, -0.15) is 0 Å². The summed E-state index contributed by atoms with van der Waals surface area (Å²) in [6, 6.07) is 10.7. The lowest BCUT2D eigenvalue weighted by Gasteiger charge is -2.22. The largest absolute Gasteiger partial charge is 0.481 e. The van der Waals surface area contributed by atoms with Gasteiger partial charge in [-0.25, -0.2) is 0 Å². The Hall–Kier alpha value is -3.69. The summed E-state index contributed by atoms with van der Waals surface area (Å²) in [6.07, 6.45) is 11.1. The van der Waals surface area contributed by atoms with Crippen molar-refractivity contribution in [3.63, 3.8) is 0 Å². The van der Waals surface area contributed by atoms with E-state index in [1.54, 1.807) is 47.6 Å². The molecule has 0 saturated carbocycles. The van der Waals surface area contributed by atoms with Crippen molar-refractivity contribution in [1.82, 2.24) is 0 Å². The van der Waals surface area contributed by atoms with Gasteiger partial charge >= 0.3 is 29.8 Å². The molecule has 3 N–H and O–H groups in total. The number of ether oxygens (including phenoxy) is 2. The van der Waals surface area contributed by atoms with Crippen molar-refractivity contribution >= 4 is 29.8 Å². The first-order valence-electron chi connectivity index (χ1n) is 22.9. The van der Waals surface area contributed by atoms with Crippen molar-refractivity contribution in [2.24, 2.45) is 38.4 Å². The molecular formula is C52H96O10. The first kappa shape index (κ1) is 67.4. The summed E-state index contributed by atoms with van der Waals surface area (Å²) < 4.78 is 10.3. The number of carboxylic acid groups (broad SMARTS) is 3. The van der Waals surface area contributed by atoms with Crippen LogP contribution in [0.25, 0.3) is 0 Å². The van der Waals surface area contributed by atoms with E-state index < -0.39 is 34.2 Å². The zero-order valence-corrected chi connectivity index (χ0v) is 43.4. The molecule has 10 nitrogen and oxygen atoms in total. The number of esters is 2. The zero-order chi connectivity index (χ0) is 50.2.